The minimum Gasteiger partial charge on any atom is -0.466 e. The molecule has 38 heavy (non-hydrogen) atoms. The van der Waals surface area contributed by atoms with Crippen molar-refractivity contribution in [3.05, 3.63) is 76.6 Å². The van der Waals surface area contributed by atoms with Crippen LogP contribution in [0.5, 0.6) is 0 Å². The first-order valence-electron chi connectivity index (χ1n) is 13.5. The predicted molar refractivity (Wildman–Crippen MR) is 151 cm³/mol. The van der Waals surface area contributed by atoms with E-state index in [0.29, 0.717) is 29.7 Å². The van der Waals surface area contributed by atoms with Gasteiger partial charge in [-0.05, 0) is 69.0 Å². The van der Waals surface area contributed by atoms with Crippen LogP contribution in [0.3, 0.4) is 0 Å². The quantitative estimate of drug-likeness (QED) is 0.296. The molecule has 1 aromatic heterocycles. The lowest BCUT2D eigenvalue weighted by Gasteiger charge is -2.31. The summed E-state index contributed by atoms with van der Waals surface area (Å²) >= 11 is 6.46. The first kappa shape index (κ1) is 27.7. The summed E-state index contributed by atoms with van der Waals surface area (Å²) in [5, 5.41) is 9.23. The normalized spacial score (nSPS) is 14.6. The van der Waals surface area contributed by atoms with E-state index < -0.39 is 0 Å². The molecular weight excluding hydrogens is 500 g/mol. The Morgan fingerprint density at radius 3 is 2.53 bits per heavy atom. The number of esters is 1. The molecule has 1 atom stereocenters. The molecule has 1 fully saturated rings. The summed E-state index contributed by atoms with van der Waals surface area (Å²) in [6.07, 6.45) is 8.34. The maximum Gasteiger partial charge on any atom is 0.307 e. The highest BCUT2D eigenvalue weighted by atomic mass is 35.5. The molecule has 202 valence electrons. The van der Waals surface area contributed by atoms with E-state index in [2.05, 4.69) is 11.5 Å². The van der Waals surface area contributed by atoms with Gasteiger partial charge in [-0.1, -0.05) is 43.0 Å². The number of anilines is 1. The molecule has 1 N–H and O–H groups in total. The average Bonchev–Trinajstić information content (AvgIpc) is 3.32. The fourth-order valence-corrected chi connectivity index (χ4v) is 5.38. The fraction of sp³-hybridized carbons (Fsp3) is 0.433. The Balaban J connectivity index is 1.51. The van der Waals surface area contributed by atoms with E-state index in [-0.39, 0.29) is 24.3 Å². The third-order valence-corrected chi connectivity index (χ3v) is 7.57. The Kier molecular flexibility index (Phi) is 9.45. The van der Waals surface area contributed by atoms with Crippen LogP contribution in [0.25, 0.3) is 5.69 Å². The second-order valence-electron chi connectivity index (χ2n) is 9.95. The highest BCUT2D eigenvalue weighted by Gasteiger charge is 2.28. The summed E-state index contributed by atoms with van der Waals surface area (Å²) in [5.41, 5.74) is 4.54. The highest BCUT2D eigenvalue weighted by Crippen LogP contribution is 2.38. The summed E-state index contributed by atoms with van der Waals surface area (Å²) in [7, 11) is 1.70. The number of amides is 1. The van der Waals surface area contributed by atoms with E-state index in [0.717, 1.165) is 35.5 Å². The number of hydrogen-bond acceptors (Lipinski definition) is 5. The van der Waals surface area contributed by atoms with Crippen LogP contribution in [0.4, 0.5) is 5.69 Å². The number of ether oxygens (including phenoxy) is 1. The summed E-state index contributed by atoms with van der Waals surface area (Å²) < 4.78 is 6.83. The monoisotopic (exact) mass is 536 g/mol. The van der Waals surface area contributed by atoms with E-state index in [4.69, 9.17) is 21.4 Å². The molecule has 0 radical (unpaired) electrons. The van der Waals surface area contributed by atoms with Crippen molar-refractivity contribution >= 4 is 29.2 Å². The van der Waals surface area contributed by atoms with Gasteiger partial charge in [0, 0.05) is 36.6 Å². The van der Waals surface area contributed by atoms with Gasteiger partial charge < -0.3 is 15.0 Å². The molecule has 1 aliphatic rings. The summed E-state index contributed by atoms with van der Waals surface area (Å²) in [5.74, 6) is 0.0665. The lowest BCUT2D eigenvalue weighted by molar-refractivity contribution is -0.143. The van der Waals surface area contributed by atoms with Gasteiger partial charge in [-0.2, -0.15) is 5.10 Å². The number of benzene rings is 2. The van der Waals surface area contributed by atoms with Crippen LogP contribution in [0.2, 0.25) is 5.02 Å². The molecule has 1 saturated carbocycles. The Morgan fingerprint density at radius 1 is 1.13 bits per heavy atom. The van der Waals surface area contributed by atoms with Gasteiger partial charge in [0.25, 0.3) is 5.91 Å². The van der Waals surface area contributed by atoms with Gasteiger partial charge in [0.15, 0.2) is 0 Å². The third kappa shape index (κ3) is 6.76. The smallest absolute Gasteiger partial charge is 0.307 e. The number of hydrogen-bond donors (Lipinski definition) is 1. The van der Waals surface area contributed by atoms with Crippen molar-refractivity contribution in [1.82, 2.24) is 14.7 Å². The van der Waals surface area contributed by atoms with Crippen LogP contribution >= 0.6 is 11.6 Å². The van der Waals surface area contributed by atoms with Gasteiger partial charge in [0.05, 0.1) is 35.5 Å². The molecule has 1 heterocycles. The zero-order valence-corrected chi connectivity index (χ0v) is 23.2. The number of rotatable bonds is 10. The molecule has 3 aromatic rings. The molecule has 0 saturated heterocycles. The van der Waals surface area contributed by atoms with Crippen LogP contribution in [0, 0.1) is 12.8 Å². The van der Waals surface area contributed by atoms with Crippen LogP contribution < -0.4 is 5.32 Å². The van der Waals surface area contributed by atoms with Crippen LogP contribution in [0.1, 0.15) is 73.1 Å². The van der Waals surface area contributed by atoms with Gasteiger partial charge >= 0.3 is 5.97 Å². The molecular formula is C30H37ClN4O3. The van der Waals surface area contributed by atoms with Gasteiger partial charge in [-0.3, -0.25) is 9.59 Å². The number of nitrogens with one attached hydrogen (secondary N) is 1. The van der Waals surface area contributed by atoms with E-state index >= 15 is 0 Å². The number of carbonyl (C=O) groups excluding carboxylic acids is 2. The zero-order valence-electron chi connectivity index (χ0n) is 22.5. The highest BCUT2D eigenvalue weighted by molar-refractivity contribution is 6.32. The molecule has 0 spiro atoms. The summed E-state index contributed by atoms with van der Waals surface area (Å²) in [4.78, 5) is 26.1. The van der Waals surface area contributed by atoms with Crippen molar-refractivity contribution in [2.75, 3.05) is 25.5 Å². The molecule has 1 unspecified atom stereocenters. The van der Waals surface area contributed by atoms with E-state index in [1.807, 2.05) is 60.1 Å². The van der Waals surface area contributed by atoms with E-state index in [1.165, 1.54) is 19.3 Å². The minimum atomic E-state index is -0.298. The summed E-state index contributed by atoms with van der Waals surface area (Å²) in [6, 6.07) is 15.4. The van der Waals surface area contributed by atoms with Crippen molar-refractivity contribution in [3.8, 4) is 5.69 Å². The largest absolute Gasteiger partial charge is 0.466 e. The van der Waals surface area contributed by atoms with Gasteiger partial charge in [0.2, 0.25) is 0 Å². The van der Waals surface area contributed by atoms with Gasteiger partial charge in [-0.15, -0.1) is 0 Å². The molecule has 8 heteroatoms. The van der Waals surface area contributed by atoms with Gasteiger partial charge in [0.1, 0.15) is 0 Å². The number of aryl methyl sites for hydroxylation is 1. The second kappa shape index (κ2) is 13.0. The van der Waals surface area contributed by atoms with Crippen molar-refractivity contribution in [2.45, 2.75) is 58.4 Å². The third-order valence-electron chi connectivity index (χ3n) is 7.25. The van der Waals surface area contributed by atoms with E-state index in [1.54, 1.807) is 18.9 Å². The molecule has 7 nitrogen and oxygen atoms in total. The Labute approximate surface area is 230 Å². The van der Waals surface area contributed by atoms with Gasteiger partial charge in [-0.25, -0.2) is 4.68 Å². The minimum absolute atomic E-state index is 0.0975. The fourth-order valence-electron chi connectivity index (χ4n) is 5.16. The number of halogens is 1. The Bertz CT molecular complexity index is 1230. The number of carbonyl (C=O) groups is 2. The van der Waals surface area contributed by atoms with Crippen molar-refractivity contribution in [3.63, 3.8) is 0 Å². The molecule has 4 rings (SSSR count). The Morgan fingerprint density at radius 2 is 1.84 bits per heavy atom. The second-order valence-corrected chi connectivity index (χ2v) is 10.4. The first-order valence-corrected chi connectivity index (χ1v) is 13.8. The topological polar surface area (TPSA) is 76.5 Å². The molecule has 0 bridgehead atoms. The zero-order chi connectivity index (χ0) is 27.1. The van der Waals surface area contributed by atoms with Crippen molar-refractivity contribution in [1.29, 1.82) is 0 Å². The Hall–Kier alpha value is -3.32. The number of para-hydroxylation sites is 1. The predicted octanol–water partition coefficient (Wildman–Crippen LogP) is 6.59. The average molecular weight is 537 g/mol. The number of aromatic nitrogens is 2. The molecule has 0 aliphatic heterocycles. The molecule has 1 aliphatic carbocycles. The number of nitrogens with zero attached hydrogens (tertiary/aromatic N) is 3. The van der Waals surface area contributed by atoms with Crippen molar-refractivity contribution in [2.24, 2.45) is 5.92 Å². The summed E-state index contributed by atoms with van der Waals surface area (Å²) in [6.45, 7) is 4.48. The van der Waals surface area contributed by atoms with Crippen LogP contribution in [-0.4, -0.2) is 46.8 Å². The van der Waals surface area contributed by atoms with E-state index in [9.17, 15) is 9.59 Å². The van der Waals surface area contributed by atoms with Crippen LogP contribution in [-0.2, 0) is 9.53 Å². The maximum atomic E-state index is 12.9. The lowest BCUT2D eigenvalue weighted by Crippen LogP contribution is -2.29. The van der Waals surface area contributed by atoms with Crippen LogP contribution in [0.15, 0.2) is 54.7 Å². The van der Waals surface area contributed by atoms with Crippen molar-refractivity contribution < 1.29 is 14.3 Å². The SMILES string of the molecule is CCOC(=O)CCN(C)C(=O)c1ccc(NC(c2cn(-c3ccccc3Cl)nc2C)C2CCCCC2)cc1. The molecule has 1 amide bonds. The first-order chi connectivity index (χ1) is 18.4. The molecule has 2 aromatic carbocycles. The standard InChI is InChI=1S/C30H37ClN4O3/c1-4-38-28(36)18-19-34(3)30(37)23-14-16-24(17-15-23)32-29(22-10-6-5-7-11-22)25-20-35(33-21(25)2)27-13-9-8-12-26(27)31/h8-9,12-17,20,22,29,32H,4-7,10-11,18-19H2,1-3H3. The lowest BCUT2D eigenvalue weighted by atomic mass is 9.81. The maximum absolute atomic E-state index is 12.9.